The Hall–Kier alpha value is -4.54. The fourth-order valence-corrected chi connectivity index (χ4v) is 6.42. The molecule has 12 nitrogen and oxygen atoms in total. The quantitative estimate of drug-likeness (QED) is 0.215. The van der Waals surface area contributed by atoms with E-state index in [1.54, 1.807) is 42.2 Å². The molecular weight excluding hydrogens is 651 g/mol. The second-order valence-electron chi connectivity index (χ2n) is 15.7. The van der Waals surface area contributed by atoms with Crippen molar-refractivity contribution in [2.75, 3.05) is 44.6 Å². The molecule has 0 spiro atoms. The van der Waals surface area contributed by atoms with Crippen molar-refractivity contribution in [2.24, 2.45) is 0 Å². The number of fused-ring (bicyclic) bond motifs is 1. The summed E-state index contributed by atoms with van der Waals surface area (Å²) < 4.78 is 18.1. The molecule has 0 fully saturated rings. The van der Waals surface area contributed by atoms with Gasteiger partial charge < -0.3 is 24.1 Å². The first-order valence-corrected chi connectivity index (χ1v) is 19.7. The molecule has 2 amide bonds. The first kappa shape index (κ1) is 38.3. The summed E-state index contributed by atoms with van der Waals surface area (Å²) in [6.45, 7) is 19.2. The minimum atomic E-state index is -2.16. The lowest BCUT2D eigenvalue weighted by atomic mass is 9.83. The molecule has 0 aliphatic carbocycles. The fourth-order valence-electron chi connectivity index (χ4n) is 5.31. The van der Waals surface area contributed by atoms with Crippen LogP contribution >= 0.6 is 0 Å². The van der Waals surface area contributed by atoms with Gasteiger partial charge in [-0.3, -0.25) is 9.69 Å². The maximum Gasteiger partial charge on any atom is 0.414 e. The molecule has 1 aromatic carbocycles. The summed E-state index contributed by atoms with van der Waals surface area (Å²) in [4.78, 5) is 42.6. The van der Waals surface area contributed by atoms with Crippen LogP contribution in [0.2, 0.25) is 18.1 Å². The highest BCUT2D eigenvalue weighted by molar-refractivity contribution is 6.74. The van der Waals surface area contributed by atoms with Crippen LogP contribution in [0.15, 0.2) is 36.5 Å². The number of aryl methyl sites for hydroxylation is 1. The molecule has 0 unspecified atom stereocenters. The molecule has 1 N–H and O–H groups in total. The Labute approximate surface area is 297 Å². The third kappa shape index (κ3) is 8.60. The van der Waals surface area contributed by atoms with Gasteiger partial charge in [-0.2, -0.15) is 5.26 Å². The molecule has 1 atom stereocenters. The number of pyridine rings is 1. The molecule has 1 aliphatic rings. The lowest BCUT2D eigenvalue weighted by molar-refractivity contribution is -0.128. The van der Waals surface area contributed by atoms with Crippen molar-refractivity contribution in [3.05, 3.63) is 53.3 Å². The molecule has 0 bridgehead atoms. The standard InChI is InChI=1S/C37H51N7O5Si/c1-35(2,3)49-34(46)44-22-37(7,23-48-50(11,12)36(4,5)6)27-20-24(19-25(21-38)31(27)44)28-17-18-39-33(41-28)42-29-15-13-26(40-32(29)47-10)14-16-30(45)43(8)9/h13,15,17-20H,14,16,22-23H2,1-12H3,(H,39,41,42)/t37-/m1/s1. The third-order valence-electron chi connectivity index (χ3n) is 9.23. The van der Waals surface area contributed by atoms with Gasteiger partial charge in [0.1, 0.15) is 17.4 Å². The van der Waals surface area contributed by atoms with Crippen molar-refractivity contribution in [2.45, 2.75) is 90.5 Å². The number of carbonyl (C=O) groups is 2. The number of hydrogen-bond donors (Lipinski definition) is 1. The van der Waals surface area contributed by atoms with Gasteiger partial charge in [0.2, 0.25) is 17.7 Å². The van der Waals surface area contributed by atoms with Crippen LogP contribution in [0.4, 0.5) is 22.1 Å². The van der Waals surface area contributed by atoms with Gasteiger partial charge >= 0.3 is 6.09 Å². The van der Waals surface area contributed by atoms with Gasteiger partial charge in [0, 0.05) is 56.5 Å². The number of methoxy groups -OCH3 is 1. The number of ether oxygens (including phenoxy) is 2. The Morgan fingerprint density at radius 1 is 1.10 bits per heavy atom. The molecule has 0 saturated carbocycles. The minimum absolute atomic E-state index is 0.0106. The Morgan fingerprint density at radius 2 is 1.80 bits per heavy atom. The number of nitrogens with zero attached hydrogens (tertiary/aromatic N) is 6. The second-order valence-corrected chi connectivity index (χ2v) is 20.6. The summed E-state index contributed by atoms with van der Waals surface area (Å²) >= 11 is 0. The average Bonchev–Trinajstić information content (AvgIpc) is 3.34. The van der Waals surface area contributed by atoms with E-state index in [0.717, 1.165) is 11.3 Å². The van der Waals surface area contributed by atoms with Crippen molar-refractivity contribution in [3.8, 4) is 23.2 Å². The van der Waals surface area contributed by atoms with Gasteiger partial charge in [-0.05, 0) is 81.2 Å². The largest absolute Gasteiger partial charge is 0.480 e. The van der Waals surface area contributed by atoms with Crippen LogP contribution in [0.3, 0.4) is 0 Å². The summed E-state index contributed by atoms with van der Waals surface area (Å²) in [6.07, 6.45) is 1.94. The molecule has 3 aromatic rings. The normalized spacial score (nSPS) is 16.0. The van der Waals surface area contributed by atoms with Gasteiger partial charge in [0.25, 0.3) is 0 Å². The van der Waals surface area contributed by atoms with E-state index in [9.17, 15) is 14.9 Å². The second kappa shape index (κ2) is 14.4. The number of carbonyl (C=O) groups excluding carboxylic acids is 2. The zero-order valence-corrected chi connectivity index (χ0v) is 32.5. The summed E-state index contributed by atoms with van der Waals surface area (Å²) in [7, 11) is 2.82. The zero-order valence-electron chi connectivity index (χ0n) is 31.5. The Bertz CT molecular complexity index is 1790. The van der Waals surface area contributed by atoms with Crippen LogP contribution < -0.4 is 15.0 Å². The van der Waals surface area contributed by atoms with E-state index in [4.69, 9.17) is 18.9 Å². The monoisotopic (exact) mass is 701 g/mol. The van der Waals surface area contributed by atoms with Gasteiger partial charge in [0.05, 0.1) is 24.1 Å². The molecule has 13 heteroatoms. The predicted octanol–water partition coefficient (Wildman–Crippen LogP) is 7.22. The van der Waals surface area contributed by atoms with Gasteiger partial charge in [0.15, 0.2) is 8.32 Å². The van der Waals surface area contributed by atoms with E-state index >= 15 is 0 Å². The Kier molecular flexibility index (Phi) is 11.0. The number of rotatable bonds is 10. The van der Waals surface area contributed by atoms with Crippen molar-refractivity contribution in [1.82, 2.24) is 19.9 Å². The highest BCUT2D eigenvalue weighted by atomic mass is 28.4. The summed E-state index contributed by atoms with van der Waals surface area (Å²) in [6, 6.07) is 11.5. The van der Waals surface area contributed by atoms with Crippen LogP contribution in [0, 0.1) is 11.3 Å². The fraction of sp³-hybridized carbons (Fsp3) is 0.514. The Morgan fingerprint density at radius 3 is 2.40 bits per heavy atom. The molecule has 4 rings (SSSR count). The number of aromatic nitrogens is 3. The van der Waals surface area contributed by atoms with Crippen LogP contribution in [-0.2, 0) is 25.8 Å². The van der Waals surface area contributed by atoms with E-state index in [1.165, 1.54) is 7.11 Å². The van der Waals surface area contributed by atoms with Crippen molar-refractivity contribution < 1.29 is 23.5 Å². The number of amides is 2. The highest BCUT2D eigenvalue weighted by Crippen LogP contribution is 2.47. The van der Waals surface area contributed by atoms with Crippen molar-refractivity contribution in [3.63, 3.8) is 0 Å². The lowest BCUT2D eigenvalue weighted by Gasteiger charge is -2.39. The van der Waals surface area contributed by atoms with E-state index in [1.807, 2.05) is 39.0 Å². The van der Waals surface area contributed by atoms with Gasteiger partial charge in [-0.25, -0.2) is 19.7 Å². The number of hydrogen-bond acceptors (Lipinski definition) is 10. The maximum absolute atomic E-state index is 13.6. The number of anilines is 3. The summed E-state index contributed by atoms with van der Waals surface area (Å²) in [5.41, 5.74) is 2.90. The van der Waals surface area contributed by atoms with E-state index in [0.29, 0.717) is 66.0 Å². The maximum atomic E-state index is 13.6. The summed E-state index contributed by atoms with van der Waals surface area (Å²) in [5.74, 6) is 0.666. The molecule has 268 valence electrons. The molecule has 2 aromatic heterocycles. The van der Waals surface area contributed by atoms with Crippen LogP contribution in [0.5, 0.6) is 5.88 Å². The van der Waals surface area contributed by atoms with Gasteiger partial charge in [-0.1, -0.05) is 27.7 Å². The minimum Gasteiger partial charge on any atom is -0.480 e. The average molecular weight is 702 g/mol. The molecule has 0 radical (unpaired) electrons. The van der Waals surface area contributed by atoms with E-state index in [2.05, 4.69) is 62.1 Å². The number of benzene rings is 1. The number of nitrogens with one attached hydrogen (secondary N) is 1. The third-order valence-corrected chi connectivity index (χ3v) is 13.7. The first-order chi connectivity index (χ1) is 23.2. The molecular formula is C37H51N7O5Si. The van der Waals surface area contributed by atoms with Crippen molar-refractivity contribution in [1.29, 1.82) is 5.26 Å². The molecule has 1 aliphatic heterocycles. The summed E-state index contributed by atoms with van der Waals surface area (Å²) in [5, 5.41) is 13.6. The highest BCUT2D eigenvalue weighted by Gasteiger charge is 2.47. The van der Waals surface area contributed by atoms with E-state index in [-0.39, 0.29) is 10.9 Å². The molecule has 3 heterocycles. The van der Waals surface area contributed by atoms with Crippen LogP contribution in [0.25, 0.3) is 11.3 Å². The molecule has 0 saturated heterocycles. The molecule has 50 heavy (non-hydrogen) atoms. The topological polar surface area (TPSA) is 143 Å². The zero-order chi connectivity index (χ0) is 37.2. The van der Waals surface area contributed by atoms with Crippen LogP contribution in [-0.4, -0.2) is 80.1 Å². The van der Waals surface area contributed by atoms with Crippen LogP contribution in [0.1, 0.15) is 71.7 Å². The Balaban J connectivity index is 1.72. The SMILES string of the molecule is COc1nc(CCC(=O)N(C)C)ccc1Nc1nccc(-c2cc(C#N)c3c(c2)[C@@](C)(CO[Si](C)(C)C(C)(C)C)CN3C(=O)OC(C)(C)C)n1. The first-order valence-electron chi connectivity index (χ1n) is 16.8. The predicted molar refractivity (Wildman–Crippen MR) is 197 cm³/mol. The number of nitriles is 1. The lowest BCUT2D eigenvalue weighted by Crippen LogP contribution is -2.46. The van der Waals surface area contributed by atoms with E-state index < -0.39 is 25.4 Å². The van der Waals surface area contributed by atoms with Gasteiger partial charge in [-0.15, -0.1) is 0 Å². The smallest absolute Gasteiger partial charge is 0.414 e. The van der Waals surface area contributed by atoms with Crippen molar-refractivity contribution >= 4 is 37.6 Å².